The molecule has 1 aliphatic carbocycles. The maximum atomic E-state index is 15.7. The lowest BCUT2D eigenvalue weighted by Gasteiger charge is -2.23. The van der Waals surface area contributed by atoms with Crippen molar-refractivity contribution in [3.05, 3.63) is 88.2 Å². The zero-order chi connectivity index (χ0) is 36.6. The monoisotopic (exact) mass is 700 g/mol. The SMILES string of the molecule is CC.COCCOc1ccc(C(N)=O)c(-c2cc(C(CNC(=O)OC(C)(C)C)c3ccccc3)ccc2Cl)c1F.O=C(O)C1CCCCC1. The number of nitrogens with one attached hydrogen (secondary N) is 1. The number of benzene rings is 3. The summed E-state index contributed by atoms with van der Waals surface area (Å²) in [6, 6.07) is 17.4. The van der Waals surface area contributed by atoms with Gasteiger partial charge < -0.3 is 30.4 Å². The molecule has 0 aliphatic heterocycles. The summed E-state index contributed by atoms with van der Waals surface area (Å²) in [5.41, 5.74) is 6.74. The van der Waals surface area contributed by atoms with Crippen molar-refractivity contribution in [1.82, 2.24) is 5.32 Å². The van der Waals surface area contributed by atoms with Crippen molar-refractivity contribution in [2.24, 2.45) is 11.7 Å². The number of hydrogen-bond donors (Lipinski definition) is 3. The van der Waals surface area contributed by atoms with E-state index in [2.05, 4.69) is 5.32 Å². The molecule has 1 aliphatic rings. The summed E-state index contributed by atoms with van der Waals surface area (Å²) in [4.78, 5) is 35.0. The van der Waals surface area contributed by atoms with Gasteiger partial charge in [0.1, 0.15) is 12.2 Å². The molecule has 268 valence electrons. The van der Waals surface area contributed by atoms with Crippen LogP contribution in [0, 0.1) is 11.7 Å². The second kappa shape index (κ2) is 20.4. The van der Waals surface area contributed by atoms with Crippen LogP contribution in [0.3, 0.4) is 0 Å². The molecule has 2 amide bonds. The van der Waals surface area contributed by atoms with Gasteiger partial charge in [0, 0.05) is 35.7 Å². The molecule has 1 atom stereocenters. The van der Waals surface area contributed by atoms with Crippen molar-refractivity contribution in [3.8, 4) is 16.9 Å². The van der Waals surface area contributed by atoms with E-state index in [-0.39, 0.29) is 59.1 Å². The zero-order valence-corrected chi connectivity index (χ0v) is 30.1. The van der Waals surface area contributed by atoms with E-state index in [4.69, 9.17) is 36.7 Å². The molecule has 9 nitrogen and oxygen atoms in total. The molecule has 0 bridgehead atoms. The second-order valence-electron chi connectivity index (χ2n) is 12.3. The Morgan fingerprint density at radius 1 is 0.980 bits per heavy atom. The molecule has 49 heavy (non-hydrogen) atoms. The van der Waals surface area contributed by atoms with E-state index >= 15 is 4.39 Å². The molecule has 11 heteroatoms. The first kappa shape index (κ1) is 41.0. The molecule has 0 radical (unpaired) electrons. The normalized spacial score (nSPS) is 13.5. The number of carbonyl (C=O) groups excluding carboxylic acids is 2. The van der Waals surface area contributed by atoms with Gasteiger partial charge in [0.2, 0.25) is 5.91 Å². The molecule has 1 saturated carbocycles. The Hall–Kier alpha value is -4.15. The summed E-state index contributed by atoms with van der Waals surface area (Å²) in [6.07, 6.45) is 4.68. The van der Waals surface area contributed by atoms with Crippen LogP contribution in [0.4, 0.5) is 9.18 Å². The van der Waals surface area contributed by atoms with Gasteiger partial charge in [-0.2, -0.15) is 0 Å². The van der Waals surface area contributed by atoms with Crippen LogP contribution < -0.4 is 15.8 Å². The van der Waals surface area contributed by atoms with Gasteiger partial charge in [-0.25, -0.2) is 9.18 Å². The lowest BCUT2D eigenvalue weighted by Crippen LogP contribution is -2.35. The Labute approximate surface area is 294 Å². The zero-order valence-electron chi connectivity index (χ0n) is 29.3. The van der Waals surface area contributed by atoms with E-state index < -0.39 is 29.4 Å². The standard InChI is InChI=1S/C29H32ClFN2O5.C7H12O2.C2H6/c1-29(2,3)38-28(35)33-17-22(18-8-6-5-7-9-18)19-10-12-23(30)21(16-19)25-20(27(32)34)11-13-24(26(25)31)37-15-14-36-4;8-7(9)6-4-2-1-3-5-6;1-2/h5-13,16,22H,14-15,17H2,1-4H3,(H2,32,34)(H,33,35);6H,1-5H2,(H,8,9);1-2H3. The van der Waals surface area contributed by atoms with Gasteiger partial charge in [0.25, 0.3) is 0 Å². The summed E-state index contributed by atoms with van der Waals surface area (Å²) < 4.78 is 31.6. The van der Waals surface area contributed by atoms with Crippen LogP contribution in [0.15, 0.2) is 60.7 Å². The highest BCUT2D eigenvalue weighted by molar-refractivity contribution is 6.33. The Morgan fingerprint density at radius 2 is 1.63 bits per heavy atom. The third-order valence-electron chi connectivity index (χ3n) is 7.58. The summed E-state index contributed by atoms with van der Waals surface area (Å²) >= 11 is 6.54. The molecular weight excluding hydrogens is 651 g/mol. The Morgan fingerprint density at radius 3 is 2.18 bits per heavy atom. The predicted octanol–water partition coefficient (Wildman–Crippen LogP) is 8.60. The van der Waals surface area contributed by atoms with Crippen molar-refractivity contribution in [2.45, 2.75) is 78.2 Å². The first-order valence-corrected chi connectivity index (χ1v) is 17.0. The number of ether oxygens (including phenoxy) is 3. The highest BCUT2D eigenvalue weighted by Gasteiger charge is 2.25. The van der Waals surface area contributed by atoms with Crippen LogP contribution in [0.5, 0.6) is 5.75 Å². The minimum Gasteiger partial charge on any atom is -0.488 e. The Bertz CT molecular complexity index is 1510. The maximum absolute atomic E-state index is 15.7. The number of alkyl carbamates (subject to hydrolysis) is 1. The van der Waals surface area contributed by atoms with Gasteiger partial charge in [0.05, 0.1) is 18.1 Å². The molecule has 3 aromatic rings. The number of amides is 2. The molecule has 0 aromatic heterocycles. The van der Waals surface area contributed by atoms with E-state index in [0.29, 0.717) is 0 Å². The number of carboxylic acids is 1. The molecule has 1 unspecified atom stereocenters. The van der Waals surface area contributed by atoms with Crippen molar-refractivity contribution < 1.29 is 38.1 Å². The first-order valence-electron chi connectivity index (χ1n) is 16.6. The third kappa shape index (κ3) is 13.0. The van der Waals surface area contributed by atoms with Gasteiger partial charge in [0.15, 0.2) is 11.6 Å². The van der Waals surface area contributed by atoms with Crippen LogP contribution in [-0.4, -0.2) is 55.5 Å². The summed E-state index contributed by atoms with van der Waals surface area (Å²) in [6.45, 7) is 9.92. The van der Waals surface area contributed by atoms with E-state index in [9.17, 15) is 14.4 Å². The van der Waals surface area contributed by atoms with Crippen molar-refractivity contribution in [2.75, 3.05) is 26.9 Å². The molecule has 4 N–H and O–H groups in total. The van der Waals surface area contributed by atoms with Crippen LogP contribution in [0.2, 0.25) is 5.02 Å². The Balaban J connectivity index is 0.000000647. The number of carbonyl (C=O) groups is 3. The van der Waals surface area contributed by atoms with Gasteiger partial charge in [-0.05, 0) is 69.0 Å². The number of rotatable bonds is 11. The van der Waals surface area contributed by atoms with E-state index in [0.717, 1.165) is 36.8 Å². The summed E-state index contributed by atoms with van der Waals surface area (Å²) in [5, 5.41) is 11.6. The minimum absolute atomic E-state index is 0.0289. The molecule has 4 rings (SSSR count). The number of carboxylic acid groups (broad SMARTS) is 1. The number of nitrogens with two attached hydrogens (primary N) is 1. The lowest BCUT2D eigenvalue weighted by atomic mass is 9.88. The van der Waals surface area contributed by atoms with Crippen LogP contribution in [0.1, 0.15) is 94.1 Å². The highest BCUT2D eigenvalue weighted by atomic mass is 35.5. The fourth-order valence-corrected chi connectivity index (χ4v) is 5.50. The molecule has 3 aromatic carbocycles. The molecule has 0 saturated heterocycles. The molecular formula is C38H50ClFN2O7. The smallest absolute Gasteiger partial charge is 0.407 e. The van der Waals surface area contributed by atoms with Gasteiger partial charge in [-0.1, -0.05) is 81.1 Å². The number of halogens is 2. The average molecular weight is 701 g/mol. The average Bonchev–Trinajstić information content (AvgIpc) is 3.07. The quantitative estimate of drug-likeness (QED) is 0.170. The van der Waals surface area contributed by atoms with Crippen LogP contribution in [0.25, 0.3) is 11.1 Å². The fourth-order valence-electron chi connectivity index (χ4n) is 5.29. The van der Waals surface area contributed by atoms with Crippen LogP contribution in [-0.2, 0) is 14.3 Å². The lowest BCUT2D eigenvalue weighted by molar-refractivity contribution is -0.142. The van der Waals surface area contributed by atoms with Gasteiger partial charge in [-0.3, -0.25) is 9.59 Å². The van der Waals surface area contributed by atoms with Crippen molar-refractivity contribution in [1.29, 1.82) is 0 Å². The minimum atomic E-state index is -0.810. The van der Waals surface area contributed by atoms with Crippen LogP contribution >= 0.6 is 11.6 Å². The second-order valence-corrected chi connectivity index (χ2v) is 12.7. The summed E-state index contributed by atoms with van der Waals surface area (Å²) in [7, 11) is 1.51. The van der Waals surface area contributed by atoms with Crippen molar-refractivity contribution in [3.63, 3.8) is 0 Å². The first-order chi connectivity index (χ1) is 23.3. The number of aliphatic carboxylic acids is 1. The number of primary amides is 1. The third-order valence-corrected chi connectivity index (χ3v) is 7.91. The fraction of sp³-hybridized carbons (Fsp3) is 0.447. The van der Waals surface area contributed by atoms with Gasteiger partial charge in [-0.15, -0.1) is 0 Å². The molecule has 1 fully saturated rings. The number of methoxy groups -OCH3 is 1. The topological polar surface area (TPSA) is 137 Å². The van der Waals surface area contributed by atoms with E-state index in [1.165, 1.54) is 25.7 Å². The largest absolute Gasteiger partial charge is 0.488 e. The highest BCUT2D eigenvalue weighted by Crippen LogP contribution is 2.39. The van der Waals surface area contributed by atoms with E-state index in [1.807, 2.05) is 44.2 Å². The summed E-state index contributed by atoms with van der Waals surface area (Å²) in [5.74, 6) is -2.60. The number of hydrogen-bond acceptors (Lipinski definition) is 6. The maximum Gasteiger partial charge on any atom is 0.407 e. The Kier molecular flexibility index (Phi) is 17.1. The molecule has 0 heterocycles. The van der Waals surface area contributed by atoms with Crippen molar-refractivity contribution >= 4 is 29.6 Å². The van der Waals surface area contributed by atoms with E-state index in [1.54, 1.807) is 39.0 Å². The molecule has 0 spiro atoms. The predicted molar refractivity (Wildman–Crippen MR) is 191 cm³/mol. The van der Waals surface area contributed by atoms with Gasteiger partial charge >= 0.3 is 12.1 Å².